The predicted molar refractivity (Wildman–Crippen MR) is 91.8 cm³/mol. The normalized spacial score (nSPS) is 11.1. The molecule has 5 nitrogen and oxygen atoms in total. The zero-order chi connectivity index (χ0) is 17.7. The van der Waals surface area contributed by atoms with Gasteiger partial charge in [0.15, 0.2) is 0 Å². The molecule has 0 bridgehead atoms. The number of carboxylic acid groups (broad SMARTS) is 1. The van der Waals surface area contributed by atoms with E-state index >= 15 is 0 Å². The van der Waals surface area contributed by atoms with Crippen molar-refractivity contribution in [2.75, 3.05) is 6.54 Å². The lowest BCUT2D eigenvalue weighted by Crippen LogP contribution is -2.37. The molecule has 0 saturated heterocycles. The van der Waals surface area contributed by atoms with Gasteiger partial charge in [-0.15, -0.1) is 0 Å². The first-order chi connectivity index (χ1) is 11.3. The summed E-state index contributed by atoms with van der Waals surface area (Å²) in [6, 6.07) is 14.2. The van der Waals surface area contributed by atoms with E-state index in [9.17, 15) is 9.59 Å². The third-order valence-corrected chi connectivity index (χ3v) is 3.36. The molecule has 126 valence electrons. The van der Waals surface area contributed by atoms with Crippen LogP contribution in [-0.2, 0) is 6.54 Å². The van der Waals surface area contributed by atoms with Gasteiger partial charge in [-0.1, -0.05) is 57.2 Å². The summed E-state index contributed by atoms with van der Waals surface area (Å²) in [6.07, 6.45) is 0. The second-order valence-electron chi connectivity index (χ2n) is 6.92. The van der Waals surface area contributed by atoms with Crippen LogP contribution in [0.15, 0.2) is 48.5 Å². The number of carbonyl (C=O) groups excluding carboxylic acids is 1. The summed E-state index contributed by atoms with van der Waals surface area (Å²) >= 11 is 0. The zero-order valence-corrected chi connectivity index (χ0v) is 14.2. The monoisotopic (exact) mass is 326 g/mol. The summed E-state index contributed by atoms with van der Waals surface area (Å²) in [5, 5.41) is 9.06. The highest BCUT2D eigenvalue weighted by atomic mass is 16.4. The van der Waals surface area contributed by atoms with E-state index in [4.69, 9.17) is 5.11 Å². The molecule has 1 amide bonds. The zero-order valence-electron chi connectivity index (χ0n) is 14.2. The van der Waals surface area contributed by atoms with Gasteiger partial charge >= 0.3 is 5.97 Å². The van der Waals surface area contributed by atoms with Crippen LogP contribution in [0, 0.1) is 5.41 Å². The summed E-state index contributed by atoms with van der Waals surface area (Å²) in [6.45, 7) is 7.16. The second kappa shape index (κ2) is 7.25. The largest absolute Gasteiger partial charge is 0.477 e. The Morgan fingerprint density at radius 3 is 2.21 bits per heavy atom. The fraction of sp³-hybridized carbons (Fsp3) is 0.316. The van der Waals surface area contributed by atoms with Crippen molar-refractivity contribution in [1.29, 1.82) is 0 Å². The Bertz CT molecular complexity index is 721. The van der Waals surface area contributed by atoms with E-state index < -0.39 is 5.97 Å². The van der Waals surface area contributed by atoms with Crippen LogP contribution in [0.2, 0.25) is 0 Å². The van der Waals surface area contributed by atoms with Crippen molar-refractivity contribution in [1.82, 2.24) is 9.88 Å². The highest BCUT2D eigenvalue weighted by Gasteiger charge is 2.23. The first kappa shape index (κ1) is 17.7. The molecule has 0 aliphatic carbocycles. The predicted octanol–water partition coefficient (Wildman–Crippen LogP) is 3.47. The number of carboxylic acids is 1. The molecule has 1 heterocycles. The van der Waals surface area contributed by atoms with Crippen molar-refractivity contribution < 1.29 is 14.7 Å². The number of pyridine rings is 1. The fourth-order valence-corrected chi connectivity index (χ4v) is 2.41. The highest BCUT2D eigenvalue weighted by molar-refractivity contribution is 5.94. The average molecular weight is 326 g/mol. The quantitative estimate of drug-likeness (QED) is 0.913. The van der Waals surface area contributed by atoms with Gasteiger partial charge in [0, 0.05) is 13.1 Å². The Morgan fingerprint density at radius 2 is 1.62 bits per heavy atom. The number of hydrogen-bond donors (Lipinski definition) is 1. The van der Waals surface area contributed by atoms with E-state index in [-0.39, 0.29) is 22.7 Å². The number of aromatic carboxylic acids is 1. The van der Waals surface area contributed by atoms with Gasteiger partial charge in [0.1, 0.15) is 11.4 Å². The Labute approximate surface area is 142 Å². The average Bonchev–Trinajstić information content (AvgIpc) is 2.53. The maximum absolute atomic E-state index is 12.9. The molecule has 0 spiro atoms. The van der Waals surface area contributed by atoms with Crippen LogP contribution in [0.4, 0.5) is 0 Å². The molecule has 2 rings (SSSR count). The van der Waals surface area contributed by atoms with Crippen LogP contribution in [0.1, 0.15) is 47.3 Å². The molecule has 1 N–H and O–H groups in total. The molecule has 5 heteroatoms. The topological polar surface area (TPSA) is 70.5 Å². The van der Waals surface area contributed by atoms with Gasteiger partial charge in [0.2, 0.25) is 0 Å². The van der Waals surface area contributed by atoms with Crippen LogP contribution in [0.25, 0.3) is 0 Å². The van der Waals surface area contributed by atoms with Crippen LogP contribution in [-0.4, -0.2) is 33.4 Å². The minimum atomic E-state index is -1.14. The van der Waals surface area contributed by atoms with E-state index in [1.165, 1.54) is 6.07 Å². The lowest BCUT2D eigenvalue weighted by atomic mass is 9.95. The summed E-state index contributed by atoms with van der Waals surface area (Å²) < 4.78 is 0. The summed E-state index contributed by atoms with van der Waals surface area (Å²) in [7, 11) is 0. The minimum Gasteiger partial charge on any atom is -0.477 e. The lowest BCUT2D eigenvalue weighted by Gasteiger charge is -2.30. The number of carbonyl (C=O) groups is 2. The van der Waals surface area contributed by atoms with Gasteiger partial charge in [-0.2, -0.15) is 0 Å². The van der Waals surface area contributed by atoms with Crippen molar-refractivity contribution in [3.63, 3.8) is 0 Å². The summed E-state index contributed by atoms with van der Waals surface area (Å²) in [4.78, 5) is 29.6. The van der Waals surface area contributed by atoms with Gasteiger partial charge < -0.3 is 10.0 Å². The van der Waals surface area contributed by atoms with Crippen LogP contribution in [0.5, 0.6) is 0 Å². The lowest BCUT2D eigenvalue weighted by molar-refractivity contribution is 0.0670. The minimum absolute atomic E-state index is 0.0884. The van der Waals surface area contributed by atoms with Gasteiger partial charge in [0.25, 0.3) is 5.91 Å². The van der Waals surface area contributed by atoms with Gasteiger partial charge in [-0.25, -0.2) is 9.78 Å². The maximum Gasteiger partial charge on any atom is 0.354 e. The number of hydrogen-bond acceptors (Lipinski definition) is 3. The molecule has 0 atom stereocenters. The van der Waals surface area contributed by atoms with Crippen molar-refractivity contribution in [2.24, 2.45) is 5.41 Å². The van der Waals surface area contributed by atoms with E-state index in [1.807, 2.05) is 30.3 Å². The van der Waals surface area contributed by atoms with Gasteiger partial charge in [-0.05, 0) is 23.1 Å². The third-order valence-electron chi connectivity index (χ3n) is 3.36. The summed E-state index contributed by atoms with van der Waals surface area (Å²) in [5.41, 5.74) is 0.949. The number of aromatic nitrogens is 1. The highest BCUT2D eigenvalue weighted by Crippen LogP contribution is 2.19. The second-order valence-corrected chi connectivity index (χ2v) is 6.92. The van der Waals surface area contributed by atoms with Crippen molar-refractivity contribution >= 4 is 11.9 Å². The molecular formula is C19H22N2O3. The molecule has 24 heavy (non-hydrogen) atoms. The van der Waals surface area contributed by atoms with Gasteiger partial charge in [-0.3, -0.25) is 4.79 Å². The van der Waals surface area contributed by atoms with E-state index in [2.05, 4.69) is 25.8 Å². The molecule has 1 aromatic carbocycles. The molecule has 0 unspecified atom stereocenters. The number of rotatable bonds is 5. The molecule has 0 saturated carbocycles. The fourth-order valence-electron chi connectivity index (χ4n) is 2.41. The van der Waals surface area contributed by atoms with Crippen molar-refractivity contribution in [3.8, 4) is 0 Å². The molecule has 0 aliphatic rings. The molecule has 2 aromatic rings. The van der Waals surface area contributed by atoms with Crippen LogP contribution >= 0.6 is 0 Å². The van der Waals surface area contributed by atoms with E-state index in [0.717, 1.165) is 5.56 Å². The molecular weight excluding hydrogens is 304 g/mol. The van der Waals surface area contributed by atoms with E-state index in [1.54, 1.807) is 17.0 Å². The first-order valence-corrected chi connectivity index (χ1v) is 7.80. The van der Waals surface area contributed by atoms with Gasteiger partial charge in [0.05, 0.1) is 0 Å². The van der Waals surface area contributed by atoms with Crippen molar-refractivity contribution in [3.05, 3.63) is 65.5 Å². The standard InChI is InChI=1S/C19H22N2O3/c1-19(2,3)13-21(12-14-8-5-4-6-9-14)17(22)15-10-7-11-16(20-15)18(23)24/h4-11H,12-13H2,1-3H3,(H,23,24). The number of benzene rings is 1. The Balaban J connectivity index is 2.30. The maximum atomic E-state index is 12.9. The molecule has 0 fully saturated rings. The smallest absolute Gasteiger partial charge is 0.354 e. The van der Waals surface area contributed by atoms with Crippen molar-refractivity contribution in [2.45, 2.75) is 27.3 Å². The first-order valence-electron chi connectivity index (χ1n) is 7.80. The van der Waals surface area contributed by atoms with Crippen LogP contribution in [0.3, 0.4) is 0 Å². The number of amides is 1. The van der Waals surface area contributed by atoms with Crippen LogP contribution < -0.4 is 0 Å². The third kappa shape index (κ3) is 4.91. The Kier molecular flexibility index (Phi) is 5.34. The van der Waals surface area contributed by atoms with E-state index in [0.29, 0.717) is 13.1 Å². The molecule has 1 aromatic heterocycles. The Hall–Kier alpha value is -2.69. The molecule has 0 aliphatic heterocycles. The Morgan fingerprint density at radius 1 is 1.00 bits per heavy atom. The number of nitrogens with zero attached hydrogens (tertiary/aromatic N) is 2. The molecule has 0 radical (unpaired) electrons. The SMILES string of the molecule is CC(C)(C)CN(Cc1ccccc1)C(=O)c1cccc(C(=O)O)n1. The summed E-state index contributed by atoms with van der Waals surface area (Å²) in [5.74, 6) is -1.41.